The van der Waals surface area contributed by atoms with Crippen LogP contribution in [0.2, 0.25) is 10.0 Å². The van der Waals surface area contributed by atoms with Gasteiger partial charge in [0, 0.05) is 54.5 Å². The third kappa shape index (κ3) is 7.74. The van der Waals surface area contributed by atoms with E-state index in [9.17, 15) is 14.9 Å². The SMILES string of the molecule is N#Cc1cccc(C2CCC(N(CCN3CCCC(C(=O)N4CCCC4)C3)C(=O)Nc3cc(Cl)cc(Cl)c3)CC2)c1. The Morgan fingerprint density at radius 2 is 1.68 bits per heavy atom. The summed E-state index contributed by atoms with van der Waals surface area (Å²) >= 11 is 12.4. The van der Waals surface area contributed by atoms with Crippen molar-refractivity contribution in [2.75, 3.05) is 44.6 Å². The molecule has 2 saturated heterocycles. The van der Waals surface area contributed by atoms with Crippen LogP contribution in [0.5, 0.6) is 0 Å². The summed E-state index contributed by atoms with van der Waals surface area (Å²) in [6, 6.07) is 15.2. The lowest BCUT2D eigenvalue weighted by Gasteiger charge is -2.39. The Morgan fingerprint density at radius 1 is 0.951 bits per heavy atom. The van der Waals surface area contributed by atoms with E-state index in [0.717, 1.165) is 84.1 Å². The molecule has 0 aromatic heterocycles. The number of amides is 3. The van der Waals surface area contributed by atoms with Crippen molar-refractivity contribution in [3.05, 3.63) is 63.6 Å². The van der Waals surface area contributed by atoms with E-state index in [1.165, 1.54) is 5.56 Å². The van der Waals surface area contributed by atoms with Gasteiger partial charge in [-0.2, -0.15) is 5.26 Å². The summed E-state index contributed by atoms with van der Waals surface area (Å²) in [5, 5.41) is 13.3. The van der Waals surface area contributed by atoms with E-state index in [1.54, 1.807) is 18.2 Å². The van der Waals surface area contributed by atoms with Crippen molar-refractivity contribution < 1.29 is 9.59 Å². The normalized spacial score (nSPS) is 23.1. The molecule has 0 spiro atoms. The van der Waals surface area contributed by atoms with Gasteiger partial charge in [-0.15, -0.1) is 0 Å². The number of likely N-dealkylation sites (tertiary alicyclic amines) is 2. The summed E-state index contributed by atoms with van der Waals surface area (Å²) in [6.45, 7) is 4.81. The predicted octanol–water partition coefficient (Wildman–Crippen LogP) is 6.76. The Bertz CT molecular complexity index is 1250. The monoisotopic (exact) mass is 595 g/mol. The van der Waals surface area contributed by atoms with Crippen molar-refractivity contribution in [3.8, 4) is 6.07 Å². The second-order valence-electron chi connectivity index (χ2n) is 11.7. The van der Waals surface area contributed by atoms with Crippen LogP contribution >= 0.6 is 23.2 Å². The molecule has 1 aliphatic carbocycles. The first-order valence-corrected chi connectivity index (χ1v) is 15.7. The van der Waals surface area contributed by atoms with E-state index in [2.05, 4.69) is 22.4 Å². The largest absolute Gasteiger partial charge is 0.342 e. The van der Waals surface area contributed by atoms with Crippen molar-refractivity contribution >= 4 is 40.8 Å². The highest BCUT2D eigenvalue weighted by molar-refractivity contribution is 6.35. The number of benzene rings is 2. The molecule has 7 nitrogen and oxygen atoms in total. The zero-order valence-corrected chi connectivity index (χ0v) is 25.0. The maximum Gasteiger partial charge on any atom is 0.322 e. The van der Waals surface area contributed by atoms with Crippen LogP contribution in [-0.2, 0) is 4.79 Å². The third-order valence-corrected chi connectivity index (χ3v) is 9.37. The number of carbonyl (C=O) groups excluding carboxylic acids is 2. The first kappa shape index (κ1) is 29.7. The van der Waals surface area contributed by atoms with Gasteiger partial charge in [0.15, 0.2) is 0 Å². The zero-order chi connectivity index (χ0) is 28.8. The van der Waals surface area contributed by atoms with Crippen molar-refractivity contribution in [1.82, 2.24) is 14.7 Å². The lowest BCUT2D eigenvalue weighted by atomic mass is 9.81. The van der Waals surface area contributed by atoms with Gasteiger partial charge < -0.3 is 20.0 Å². The molecule has 41 heavy (non-hydrogen) atoms. The minimum absolute atomic E-state index is 0.0531. The van der Waals surface area contributed by atoms with Crippen LogP contribution in [0.1, 0.15) is 68.4 Å². The Balaban J connectivity index is 1.25. The highest BCUT2D eigenvalue weighted by Crippen LogP contribution is 2.35. The number of nitrogens with zero attached hydrogens (tertiary/aromatic N) is 4. The van der Waals surface area contributed by atoms with Crippen molar-refractivity contribution in [2.45, 2.75) is 63.3 Å². The number of nitrogens with one attached hydrogen (secondary N) is 1. The van der Waals surface area contributed by atoms with Gasteiger partial charge in [-0.1, -0.05) is 35.3 Å². The molecule has 1 atom stereocenters. The molecule has 1 saturated carbocycles. The van der Waals surface area contributed by atoms with Gasteiger partial charge in [0.2, 0.25) is 5.91 Å². The zero-order valence-electron chi connectivity index (χ0n) is 23.5. The van der Waals surface area contributed by atoms with Gasteiger partial charge in [-0.05, 0) is 99.7 Å². The number of hydrogen-bond donors (Lipinski definition) is 1. The maximum atomic E-state index is 13.7. The number of hydrogen-bond acceptors (Lipinski definition) is 4. The van der Waals surface area contributed by atoms with E-state index in [-0.39, 0.29) is 18.0 Å². The summed E-state index contributed by atoms with van der Waals surface area (Å²) in [6.07, 6.45) is 7.87. The molecule has 9 heteroatoms. The number of rotatable bonds is 7. The molecular formula is C32H39Cl2N5O2. The van der Waals surface area contributed by atoms with Gasteiger partial charge in [-0.3, -0.25) is 4.79 Å². The minimum atomic E-state index is -0.153. The first-order valence-electron chi connectivity index (χ1n) is 14.9. The number of nitriles is 1. The number of urea groups is 1. The van der Waals surface area contributed by atoms with E-state index in [1.807, 2.05) is 28.0 Å². The van der Waals surface area contributed by atoms with E-state index < -0.39 is 0 Å². The quantitative estimate of drug-likeness (QED) is 0.383. The fourth-order valence-corrected chi connectivity index (χ4v) is 7.29. The number of carbonyl (C=O) groups is 2. The average molecular weight is 597 g/mol. The van der Waals surface area contributed by atoms with Crippen LogP contribution in [-0.4, -0.2) is 71.9 Å². The molecule has 5 rings (SSSR count). The Hall–Kier alpha value is -2.79. The van der Waals surface area contributed by atoms with E-state index >= 15 is 0 Å². The first-order chi connectivity index (χ1) is 19.9. The third-order valence-electron chi connectivity index (χ3n) is 8.93. The molecule has 2 aliphatic heterocycles. The molecule has 2 heterocycles. The molecule has 2 aromatic rings. The highest BCUT2D eigenvalue weighted by Gasteiger charge is 2.33. The molecule has 1 unspecified atom stereocenters. The van der Waals surface area contributed by atoms with Crippen LogP contribution in [0, 0.1) is 17.2 Å². The molecule has 3 fully saturated rings. The summed E-state index contributed by atoms with van der Waals surface area (Å²) in [4.78, 5) is 33.1. The fourth-order valence-electron chi connectivity index (χ4n) is 6.76. The van der Waals surface area contributed by atoms with E-state index in [4.69, 9.17) is 23.2 Å². The Kier molecular flexibility index (Phi) is 10.1. The molecule has 0 radical (unpaired) electrons. The second kappa shape index (κ2) is 13.9. The smallest absolute Gasteiger partial charge is 0.322 e. The van der Waals surface area contributed by atoms with Crippen LogP contribution in [0.3, 0.4) is 0 Å². The van der Waals surface area contributed by atoms with Gasteiger partial charge in [0.05, 0.1) is 17.6 Å². The van der Waals surface area contributed by atoms with Gasteiger partial charge in [0.25, 0.3) is 0 Å². The van der Waals surface area contributed by atoms with Gasteiger partial charge in [0.1, 0.15) is 0 Å². The van der Waals surface area contributed by atoms with Crippen molar-refractivity contribution in [2.24, 2.45) is 5.92 Å². The molecular weight excluding hydrogens is 557 g/mol. The highest BCUT2D eigenvalue weighted by atomic mass is 35.5. The minimum Gasteiger partial charge on any atom is -0.342 e. The average Bonchev–Trinajstić information content (AvgIpc) is 3.52. The van der Waals surface area contributed by atoms with Crippen LogP contribution < -0.4 is 5.32 Å². The second-order valence-corrected chi connectivity index (χ2v) is 12.6. The molecule has 2 aromatic carbocycles. The van der Waals surface area contributed by atoms with E-state index in [0.29, 0.717) is 39.7 Å². The fraction of sp³-hybridized carbons (Fsp3) is 0.531. The van der Waals surface area contributed by atoms with Crippen LogP contribution in [0.4, 0.5) is 10.5 Å². The van der Waals surface area contributed by atoms with Gasteiger partial charge >= 0.3 is 6.03 Å². The number of halogens is 2. The summed E-state index contributed by atoms with van der Waals surface area (Å²) < 4.78 is 0. The topological polar surface area (TPSA) is 79.7 Å². The van der Waals surface area contributed by atoms with Crippen molar-refractivity contribution in [3.63, 3.8) is 0 Å². The Morgan fingerprint density at radius 3 is 2.39 bits per heavy atom. The molecule has 218 valence electrons. The van der Waals surface area contributed by atoms with Crippen LogP contribution in [0.25, 0.3) is 0 Å². The standard InChI is InChI=1S/C32H39Cl2N5O2/c33-27-18-28(34)20-29(19-27)36-32(41)39(30-10-8-24(9-11-30)25-6-3-5-23(17-25)21-35)16-15-37-12-4-7-26(22-37)31(40)38-13-1-2-14-38/h3,5-6,17-20,24,26,30H,1-2,4,7-16,22H2,(H,36,41). The molecule has 3 amide bonds. The molecule has 1 N–H and O–H groups in total. The maximum absolute atomic E-state index is 13.7. The Labute approximate surface area is 253 Å². The lowest BCUT2D eigenvalue weighted by molar-refractivity contribution is -0.136. The summed E-state index contributed by atoms with van der Waals surface area (Å²) in [7, 11) is 0. The summed E-state index contributed by atoms with van der Waals surface area (Å²) in [5.74, 6) is 0.742. The predicted molar refractivity (Wildman–Crippen MR) is 163 cm³/mol. The van der Waals surface area contributed by atoms with Crippen LogP contribution in [0.15, 0.2) is 42.5 Å². The summed E-state index contributed by atoms with van der Waals surface area (Å²) in [5.41, 5.74) is 2.47. The van der Waals surface area contributed by atoms with Crippen molar-refractivity contribution in [1.29, 1.82) is 5.26 Å². The lowest BCUT2D eigenvalue weighted by Crippen LogP contribution is -2.50. The number of piperidine rings is 1. The molecule has 0 bridgehead atoms. The molecule has 3 aliphatic rings. The number of anilines is 1. The van der Waals surface area contributed by atoms with Gasteiger partial charge in [-0.25, -0.2) is 4.79 Å².